The number of anilines is 1. The van der Waals surface area contributed by atoms with Gasteiger partial charge in [0, 0.05) is 56.7 Å². The molecular weight excluding hydrogens is 628 g/mol. The van der Waals surface area contributed by atoms with Crippen LogP contribution in [0.5, 0.6) is 0 Å². The summed E-state index contributed by atoms with van der Waals surface area (Å²) in [6.07, 6.45) is 6.03. The first kappa shape index (κ1) is 35.1. The average Bonchev–Trinajstić information content (AvgIpc) is 3.08. The van der Waals surface area contributed by atoms with Crippen LogP contribution in [0.3, 0.4) is 0 Å². The minimum atomic E-state index is -0.530. The van der Waals surface area contributed by atoms with Crippen LogP contribution >= 0.6 is 11.6 Å². The molecule has 5 rings (SSSR count). The van der Waals surface area contributed by atoms with Crippen LogP contribution in [0.25, 0.3) is 22.4 Å². The third-order valence-electron chi connectivity index (χ3n) is 8.81. The minimum absolute atomic E-state index is 0.0506. The van der Waals surface area contributed by atoms with Crippen molar-refractivity contribution in [3.63, 3.8) is 0 Å². The molecular formula is C37H47ClN6O4. The molecule has 3 aromatic rings. The molecule has 0 spiro atoms. The average molecular weight is 675 g/mol. The second-order valence-electron chi connectivity index (χ2n) is 13.6. The number of ether oxygens (including phenoxy) is 1. The summed E-state index contributed by atoms with van der Waals surface area (Å²) in [4.78, 5) is 50.9. The number of hydrogen-bond acceptors (Lipinski definition) is 7. The molecule has 3 heterocycles. The van der Waals surface area contributed by atoms with E-state index in [-0.39, 0.29) is 23.8 Å². The number of halogens is 1. The Kier molecular flexibility index (Phi) is 11.9. The molecule has 256 valence electrons. The Bertz CT molecular complexity index is 1550. The van der Waals surface area contributed by atoms with Crippen molar-refractivity contribution in [1.29, 1.82) is 0 Å². The summed E-state index contributed by atoms with van der Waals surface area (Å²) in [7, 11) is 0. The molecule has 0 bridgehead atoms. The number of likely N-dealkylation sites (tertiary alicyclic amines) is 2. The number of hydrogen-bond donors (Lipinski definition) is 2. The van der Waals surface area contributed by atoms with Gasteiger partial charge < -0.3 is 25.2 Å². The van der Waals surface area contributed by atoms with Crippen LogP contribution in [0, 0.1) is 5.92 Å². The maximum absolute atomic E-state index is 13.4. The van der Waals surface area contributed by atoms with E-state index in [1.165, 1.54) is 0 Å². The van der Waals surface area contributed by atoms with Crippen molar-refractivity contribution in [2.75, 3.05) is 38.0 Å². The van der Waals surface area contributed by atoms with E-state index in [2.05, 4.69) is 39.9 Å². The smallest absolute Gasteiger partial charge is 0.407 e. The third kappa shape index (κ3) is 9.92. The zero-order valence-electron chi connectivity index (χ0n) is 28.2. The molecule has 0 saturated carbocycles. The highest BCUT2D eigenvalue weighted by Crippen LogP contribution is 2.31. The topological polar surface area (TPSA) is 117 Å². The number of nitrogens with one attached hydrogen (secondary N) is 2. The molecule has 2 aliphatic rings. The summed E-state index contributed by atoms with van der Waals surface area (Å²) >= 11 is 6.55. The minimum Gasteiger partial charge on any atom is -0.444 e. The number of piperidine rings is 2. The zero-order valence-corrected chi connectivity index (χ0v) is 29.0. The molecule has 10 nitrogen and oxygen atoms in total. The quantitative estimate of drug-likeness (QED) is 0.227. The van der Waals surface area contributed by atoms with E-state index < -0.39 is 11.7 Å². The van der Waals surface area contributed by atoms with Crippen LogP contribution in [-0.2, 0) is 14.3 Å². The van der Waals surface area contributed by atoms with Gasteiger partial charge in [-0.3, -0.25) is 9.59 Å². The lowest BCUT2D eigenvalue weighted by atomic mass is 9.93. The first-order valence-corrected chi connectivity index (χ1v) is 17.4. The fourth-order valence-corrected chi connectivity index (χ4v) is 6.44. The summed E-state index contributed by atoms with van der Waals surface area (Å²) in [5.74, 6) is 0.782. The van der Waals surface area contributed by atoms with Gasteiger partial charge in [0.15, 0.2) is 0 Å². The highest BCUT2D eigenvalue weighted by molar-refractivity contribution is 6.32. The van der Waals surface area contributed by atoms with Gasteiger partial charge in [0.05, 0.1) is 16.9 Å². The van der Waals surface area contributed by atoms with Crippen LogP contribution in [-0.4, -0.2) is 82.0 Å². The van der Waals surface area contributed by atoms with E-state index in [1.807, 2.05) is 60.9 Å². The molecule has 3 amide bonds. The number of aromatic nitrogens is 2. The van der Waals surface area contributed by atoms with E-state index in [9.17, 15) is 14.4 Å². The molecule has 11 heteroatoms. The van der Waals surface area contributed by atoms with E-state index in [1.54, 1.807) is 6.20 Å². The van der Waals surface area contributed by atoms with Crippen LogP contribution in [0.4, 0.5) is 10.7 Å². The van der Waals surface area contributed by atoms with Crippen LogP contribution in [0.2, 0.25) is 5.02 Å². The first-order chi connectivity index (χ1) is 23.1. The number of amides is 3. The summed E-state index contributed by atoms with van der Waals surface area (Å²) in [5, 5.41) is 6.69. The molecule has 2 fully saturated rings. The molecule has 0 unspecified atom stereocenters. The summed E-state index contributed by atoms with van der Waals surface area (Å²) in [5.41, 5.74) is 3.29. The lowest BCUT2D eigenvalue weighted by Crippen LogP contribution is -2.48. The number of benzene rings is 2. The monoisotopic (exact) mass is 674 g/mol. The fraction of sp³-hybridized carbons (Fsp3) is 0.486. The Labute approximate surface area is 288 Å². The third-order valence-corrected chi connectivity index (χ3v) is 9.09. The number of nitrogens with zero attached hydrogens (tertiary/aromatic N) is 4. The summed E-state index contributed by atoms with van der Waals surface area (Å²) in [6.45, 7) is 8.50. The van der Waals surface area contributed by atoms with Crippen LogP contribution in [0.1, 0.15) is 65.7 Å². The van der Waals surface area contributed by atoms with Gasteiger partial charge in [-0.05, 0) is 76.5 Å². The molecule has 48 heavy (non-hydrogen) atoms. The van der Waals surface area contributed by atoms with Gasteiger partial charge in [-0.25, -0.2) is 14.8 Å². The Morgan fingerprint density at radius 2 is 1.54 bits per heavy atom. The van der Waals surface area contributed by atoms with Gasteiger partial charge >= 0.3 is 6.09 Å². The van der Waals surface area contributed by atoms with Crippen molar-refractivity contribution < 1.29 is 19.1 Å². The Balaban J connectivity index is 1.03. The lowest BCUT2D eigenvalue weighted by Gasteiger charge is -2.37. The van der Waals surface area contributed by atoms with Crippen molar-refractivity contribution in [3.05, 3.63) is 65.8 Å². The molecule has 2 aliphatic heterocycles. The van der Waals surface area contributed by atoms with Crippen LogP contribution in [0.15, 0.2) is 60.8 Å². The SMILES string of the molecule is CC(C)(C)OC(=O)NCCCCC(=O)N1CCC(C(=O)N2CCC(Nc3ncc(Cl)c(-c4cccc(-c5ccccc5)c4)n3)CC2)CC1. The van der Waals surface area contributed by atoms with E-state index >= 15 is 0 Å². The number of carbonyl (C=O) groups excluding carboxylic acids is 3. The van der Waals surface area contributed by atoms with Crippen molar-refractivity contribution in [3.8, 4) is 22.4 Å². The Hall–Kier alpha value is -4.18. The van der Waals surface area contributed by atoms with Gasteiger partial charge in [-0.15, -0.1) is 0 Å². The summed E-state index contributed by atoms with van der Waals surface area (Å²) in [6, 6.07) is 18.5. The number of carbonyl (C=O) groups is 3. The largest absolute Gasteiger partial charge is 0.444 e. The summed E-state index contributed by atoms with van der Waals surface area (Å²) < 4.78 is 5.23. The van der Waals surface area contributed by atoms with Gasteiger partial charge in [0.2, 0.25) is 17.8 Å². The standard InChI is InChI=1S/C37H47ClN6O4/c1-37(2,3)48-36(47)39-19-8-7-14-32(45)43-20-15-27(16-21-43)34(46)44-22-17-30(18-23-44)41-35-40-25-31(38)33(42-35)29-13-9-12-28(24-29)26-10-5-4-6-11-26/h4-6,9-13,24-25,27,30H,7-8,14-23H2,1-3H3,(H,39,47)(H,40,41,42). The predicted molar refractivity (Wildman–Crippen MR) is 189 cm³/mol. The predicted octanol–water partition coefficient (Wildman–Crippen LogP) is 6.80. The first-order valence-electron chi connectivity index (χ1n) is 17.0. The molecule has 2 aromatic carbocycles. The van der Waals surface area contributed by atoms with Crippen molar-refractivity contribution in [1.82, 2.24) is 25.1 Å². The number of rotatable bonds is 10. The van der Waals surface area contributed by atoms with E-state index in [0.717, 1.165) is 29.5 Å². The molecule has 1 aromatic heterocycles. The molecule has 2 N–H and O–H groups in total. The van der Waals surface area contributed by atoms with Gasteiger partial charge in [0.25, 0.3) is 0 Å². The number of alkyl carbamates (subject to hydrolysis) is 1. The maximum atomic E-state index is 13.4. The lowest BCUT2D eigenvalue weighted by molar-refractivity contribution is -0.141. The molecule has 2 saturated heterocycles. The Morgan fingerprint density at radius 3 is 2.25 bits per heavy atom. The highest BCUT2D eigenvalue weighted by atomic mass is 35.5. The van der Waals surface area contributed by atoms with Gasteiger partial charge in [-0.2, -0.15) is 0 Å². The zero-order chi connectivity index (χ0) is 34.1. The molecule has 0 atom stereocenters. The van der Waals surface area contributed by atoms with Gasteiger partial charge in [-0.1, -0.05) is 60.1 Å². The normalized spacial score (nSPS) is 16.0. The van der Waals surface area contributed by atoms with Crippen LogP contribution < -0.4 is 10.6 Å². The van der Waals surface area contributed by atoms with E-state index in [4.69, 9.17) is 21.3 Å². The maximum Gasteiger partial charge on any atom is 0.407 e. The number of unbranched alkanes of at least 4 members (excludes halogenated alkanes) is 1. The van der Waals surface area contributed by atoms with Gasteiger partial charge in [0.1, 0.15) is 5.60 Å². The van der Waals surface area contributed by atoms with Crippen molar-refractivity contribution in [2.24, 2.45) is 5.92 Å². The van der Waals surface area contributed by atoms with Crippen molar-refractivity contribution in [2.45, 2.75) is 77.4 Å². The fourth-order valence-electron chi connectivity index (χ4n) is 6.24. The second-order valence-corrected chi connectivity index (χ2v) is 14.0. The highest BCUT2D eigenvalue weighted by Gasteiger charge is 2.32. The second kappa shape index (κ2) is 16.3. The van der Waals surface area contributed by atoms with E-state index in [0.29, 0.717) is 81.5 Å². The molecule has 0 aliphatic carbocycles. The molecule has 0 radical (unpaired) electrons. The Morgan fingerprint density at radius 1 is 0.875 bits per heavy atom. The van der Waals surface area contributed by atoms with Crippen molar-refractivity contribution >= 4 is 35.5 Å².